The fraction of sp³-hybridized carbons (Fsp3) is 0.929. The van der Waals surface area contributed by atoms with Gasteiger partial charge in [0.2, 0.25) is 5.91 Å². The minimum atomic E-state index is -4.09. The van der Waals surface area contributed by atoms with E-state index in [1.54, 1.807) is 0 Å². The molecule has 7 heteroatoms. The Morgan fingerprint density at radius 2 is 1.74 bits per heavy atom. The molecule has 0 aliphatic heterocycles. The highest BCUT2D eigenvalue weighted by Crippen LogP contribution is 2.68. The Kier molecular flexibility index (Phi) is 6.47. The van der Waals surface area contributed by atoms with Gasteiger partial charge in [-0.2, -0.15) is 8.42 Å². The van der Waals surface area contributed by atoms with E-state index in [9.17, 15) is 22.6 Å². The van der Waals surface area contributed by atoms with Crippen LogP contribution in [0.3, 0.4) is 0 Å². The first-order valence-electron chi connectivity index (χ1n) is 14.1. The van der Waals surface area contributed by atoms with Gasteiger partial charge in [0.05, 0.1) is 11.3 Å². The molecule has 1 amide bonds. The summed E-state index contributed by atoms with van der Waals surface area (Å²) in [7, 11) is -4.09. The molecule has 0 unspecified atom stereocenters. The van der Waals surface area contributed by atoms with Crippen molar-refractivity contribution in [1.82, 2.24) is 5.32 Å². The summed E-state index contributed by atoms with van der Waals surface area (Å²) in [5.41, 5.74) is -0.0520. The van der Waals surface area contributed by atoms with Crippen molar-refractivity contribution in [2.45, 2.75) is 110 Å². The molecule has 5 rings (SSSR count). The SMILES string of the molecule is C[C@H](CCC(=O)NC1(CS(=O)(=O)O)CC1)[C@H]1CC[C@H]2[C@@H]3CC[C@@H]4CC(=O)CC[C@]4(C)[C@H]3CC[C@]12C. The van der Waals surface area contributed by atoms with E-state index in [-0.39, 0.29) is 11.7 Å². The van der Waals surface area contributed by atoms with Crippen molar-refractivity contribution < 1.29 is 22.6 Å². The molecule has 5 saturated carbocycles. The third-order valence-electron chi connectivity index (χ3n) is 11.8. The van der Waals surface area contributed by atoms with Crippen molar-refractivity contribution in [3.05, 3.63) is 0 Å². The summed E-state index contributed by atoms with van der Waals surface area (Å²) in [4.78, 5) is 24.8. The van der Waals surface area contributed by atoms with Crippen LogP contribution in [0.5, 0.6) is 0 Å². The van der Waals surface area contributed by atoms with Gasteiger partial charge in [0.15, 0.2) is 0 Å². The van der Waals surface area contributed by atoms with Crippen LogP contribution < -0.4 is 5.32 Å². The van der Waals surface area contributed by atoms with Gasteiger partial charge in [-0.25, -0.2) is 0 Å². The average molecular weight is 508 g/mol. The zero-order valence-corrected chi connectivity index (χ0v) is 22.7. The normalized spacial score (nSPS) is 43.0. The molecule has 5 aliphatic rings. The van der Waals surface area contributed by atoms with Crippen LogP contribution in [0, 0.1) is 46.3 Å². The van der Waals surface area contributed by atoms with E-state index in [1.165, 1.54) is 38.5 Å². The van der Waals surface area contributed by atoms with Crippen LogP contribution in [-0.4, -0.2) is 36.0 Å². The highest BCUT2D eigenvalue weighted by molar-refractivity contribution is 7.85. The minimum absolute atomic E-state index is 0.0838. The van der Waals surface area contributed by atoms with Gasteiger partial charge in [-0.05, 0) is 111 Å². The minimum Gasteiger partial charge on any atom is -0.350 e. The Balaban J connectivity index is 1.20. The fourth-order valence-electron chi connectivity index (χ4n) is 9.74. The number of ketones is 1. The molecule has 0 radical (unpaired) electrons. The number of hydrogen-bond donors (Lipinski definition) is 2. The largest absolute Gasteiger partial charge is 0.350 e. The van der Waals surface area contributed by atoms with Crippen LogP contribution in [0.25, 0.3) is 0 Å². The number of Topliss-reactive ketones (excluding diaryl/α,β-unsaturated/α-hetero) is 1. The molecule has 35 heavy (non-hydrogen) atoms. The molecular weight excluding hydrogens is 462 g/mol. The molecule has 0 aromatic heterocycles. The lowest BCUT2D eigenvalue weighted by Gasteiger charge is -2.60. The summed E-state index contributed by atoms with van der Waals surface area (Å²) in [6.07, 6.45) is 12.8. The van der Waals surface area contributed by atoms with Gasteiger partial charge in [0, 0.05) is 19.3 Å². The van der Waals surface area contributed by atoms with Gasteiger partial charge in [0.1, 0.15) is 5.78 Å². The van der Waals surface area contributed by atoms with Crippen molar-refractivity contribution in [1.29, 1.82) is 0 Å². The highest BCUT2D eigenvalue weighted by Gasteiger charge is 2.60. The van der Waals surface area contributed by atoms with Crippen molar-refractivity contribution in [3.63, 3.8) is 0 Å². The second-order valence-corrected chi connectivity index (χ2v) is 15.2. The second-order valence-electron chi connectivity index (χ2n) is 13.7. The number of carbonyl (C=O) groups excluding carboxylic acids is 2. The summed E-state index contributed by atoms with van der Waals surface area (Å²) in [5, 5.41) is 2.90. The predicted molar refractivity (Wildman–Crippen MR) is 135 cm³/mol. The molecule has 198 valence electrons. The van der Waals surface area contributed by atoms with Crippen LogP contribution in [-0.2, 0) is 19.7 Å². The first-order valence-corrected chi connectivity index (χ1v) is 15.7. The van der Waals surface area contributed by atoms with Crippen molar-refractivity contribution in [2.75, 3.05) is 5.75 Å². The van der Waals surface area contributed by atoms with E-state index >= 15 is 0 Å². The lowest BCUT2D eigenvalue weighted by molar-refractivity contribution is -0.140. The van der Waals surface area contributed by atoms with Gasteiger partial charge in [-0.15, -0.1) is 0 Å². The molecular formula is C28H45NO5S. The first kappa shape index (κ1) is 25.7. The number of carbonyl (C=O) groups is 2. The summed E-state index contributed by atoms with van der Waals surface area (Å²) >= 11 is 0. The van der Waals surface area contributed by atoms with Gasteiger partial charge < -0.3 is 5.32 Å². The lowest BCUT2D eigenvalue weighted by atomic mass is 9.44. The second kappa shape index (κ2) is 8.82. The number of fused-ring (bicyclic) bond motifs is 5. The van der Waals surface area contributed by atoms with E-state index < -0.39 is 15.7 Å². The molecule has 0 heterocycles. The van der Waals surface area contributed by atoms with Crippen molar-refractivity contribution >= 4 is 21.8 Å². The van der Waals surface area contributed by atoms with E-state index in [4.69, 9.17) is 0 Å². The van der Waals surface area contributed by atoms with Crippen molar-refractivity contribution in [2.24, 2.45) is 46.3 Å². The maximum Gasteiger partial charge on any atom is 0.267 e. The topological polar surface area (TPSA) is 101 Å². The summed E-state index contributed by atoms with van der Waals surface area (Å²) in [6, 6.07) is 0. The number of amides is 1. The van der Waals surface area contributed by atoms with Crippen LogP contribution in [0.2, 0.25) is 0 Å². The third-order valence-corrected chi connectivity index (χ3v) is 12.7. The number of rotatable bonds is 7. The summed E-state index contributed by atoms with van der Waals surface area (Å²) in [6.45, 7) is 7.35. The molecule has 2 N–H and O–H groups in total. The maximum absolute atomic E-state index is 12.6. The Morgan fingerprint density at radius 1 is 1.03 bits per heavy atom. The Morgan fingerprint density at radius 3 is 2.43 bits per heavy atom. The Hall–Kier alpha value is -0.950. The van der Waals surface area contributed by atoms with Crippen molar-refractivity contribution in [3.8, 4) is 0 Å². The van der Waals surface area contributed by atoms with Gasteiger partial charge in [-0.3, -0.25) is 14.1 Å². The third kappa shape index (κ3) is 4.73. The summed E-state index contributed by atoms with van der Waals surface area (Å²) in [5.74, 6) is 4.04. The number of hydrogen-bond acceptors (Lipinski definition) is 4. The maximum atomic E-state index is 12.6. The zero-order chi connectivity index (χ0) is 25.2. The molecule has 0 bridgehead atoms. The smallest absolute Gasteiger partial charge is 0.267 e. The van der Waals surface area contributed by atoms with Crippen LogP contribution >= 0.6 is 0 Å². The Bertz CT molecular complexity index is 974. The average Bonchev–Trinajstić information content (AvgIpc) is 3.39. The molecule has 5 aliphatic carbocycles. The van der Waals surface area contributed by atoms with Crippen LogP contribution in [0.15, 0.2) is 0 Å². The Labute approximate surface area is 211 Å². The molecule has 0 saturated heterocycles. The van der Waals surface area contributed by atoms with E-state index in [1.807, 2.05) is 0 Å². The van der Waals surface area contributed by atoms with E-state index in [0.29, 0.717) is 53.6 Å². The molecule has 0 aromatic rings. The predicted octanol–water partition coefficient (Wildman–Crippen LogP) is 5.17. The molecule has 8 atom stereocenters. The quantitative estimate of drug-likeness (QED) is 0.463. The zero-order valence-electron chi connectivity index (χ0n) is 21.9. The molecule has 5 fully saturated rings. The van der Waals surface area contributed by atoms with Gasteiger partial charge in [0.25, 0.3) is 10.1 Å². The van der Waals surface area contributed by atoms with E-state index in [0.717, 1.165) is 43.4 Å². The van der Waals surface area contributed by atoms with Crippen LogP contribution in [0.1, 0.15) is 104 Å². The highest BCUT2D eigenvalue weighted by atomic mass is 32.2. The van der Waals surface area contributed by atoms with E-state index in [2.05, 4.69) is 26.1 Å². The monoisotopic (exact) mass is 507 g/mol. The molecule has 6 nitrogen and oxygen atoms in total. The fourth-order valence-corrected chi connectivity index (χ4v) is 10.8. The molecule has 0 spiro atoms. The van der Waals surface area contributed by atoms with Crippen LogP contribution in [0.4, 0.5) is 0 Å². The summed E-state index contributed by atoms with van der Waals surface area (Å²) < 4.78 is 31.7. The standard InChI is InChI=1S/C28H45NO5S/c1-18(4-9-25(31)29-28(14-15-28)17-35(32,33)34)22-7-8-23-21-6-5-19-16-20(30)10-12-26(19,2)24(21)11-13-27(22,23)3/h18-19,21-24H,4-17H2,1-3H3,(H,29,31)(H,32,33,34)/t18-,19-,21+,22-,23+,24+,26+,27-/m1/s1. The molecule has 0 aromatic carbocycles. The van der Waals surface area contributed by atoms with Gasteiger partial charge >= 0.3 is 0 Å². The van der Waals surface area contributed by atoms with Gasteiger partial charge in [-0.1, -0.05) is 20.8 Å². The number of nitrogens with one attached hydrogen (secondary N) is 1. The first-order chi connectivity index (χ1) is 16.4. The lowest BCUT2D eigenvalue weighted by Crippen LogP contribution is -2.53.